The maximum Gasteiger partial charge on any atom is 0.246 e. The summed E-state index contributed by atoms with van der Waals surface area (Å²) in [5.74, 6) is 0.0917. The minimum atomic E-state index is -0.338. The second kappa shape index (κ2) is 4.55. The smallest absolute Gasteiger partial charge is 0.246 e. The summed E-state index contributed by atoms with van der Waals surface area (Å²) in [4.78, 5) is 15.7. The van der Waals surface area contributed by atoms with Crippen LogP contribution in [-0.4, -0.2) is 31.6 Å². The first-order valence-corrected chi connectivity index (χ1v) is 6.67. The van der Waals surface area contributed by atoms with Gasteiger partial charge in [0.1, 0.15) is 0 Å². The van der Waals surface area contributed by atoms with Crippen molar-refractivity contribution in [2.75, 3.05) is 29.9 Å². The van der Waals surface area contributed by atoms with E-state index in [0.717, 1.165) is 15.8 Å². The number of likely N-dealkylation sites (N-methyl/N-ethyl adjacent to an activating group) is 1. The average molecular weight is 312 g/mol. The number of benzene rings is 1. The molecule has 0 spiro atoms. The predicted molar refractivity (Wildman–Crippen MR) is 78.0 cm³/mol. The van der Waals surface area contributed by atoms with Crippen LogP contribution in [0.3, 0.4) is 0 Å². The Labute approximate surface area is 116 Å². The number of carbonyl (C=O) groups excluding carboxylic acids is 1. The SMILES string of the molecule is CN1C(=O)CN(CC(C)(C)N)c2cc(Br)ccc21. The van der Waals surface area contributed by atoms with E-state index in [2.05, 4.69) is 15.9 Å². The van der Waals surface area contributed by atoms with Crippen LogP contribution in [0, 0.1) is 0 Å². The lowest BCUT2D eigenvalue weighted by Gasteiger charge is -2.38. The maximum atomic E-state index is 12.0. The van der Waals surface area contributed by atoms with Gasteiger partial charge in [0.05, 0.1) is 17.9 Å². The first kappa shape index (κ1) is 13.4. The molecular weight excluding hydrogens is 294 g/mol. The number of carbonyl (C=O) groups is 1. The van der Waals surface area contributed by atoms with Gasteiger partial charge in [-0.05, 0) is 32.0 Å². The first-order chi connectivity index (χ1) is 8.28. The minimum Gasteiger partial charge on any atom is -0.359 e. The Morgan fingerprint density at radius 2 is 2.06 bits per heavy atom. The fourth-order valence-corrected chi connectivity index (χ4v) is 2.50. The van der Waals surface area contributed by atoms with Gasteiger partial charge in [-0.15, -0.1) is 0 Å². The number of amides is 1. The Hall–Kier alpha value is -1.07. The Morgan fingerprint density at radius 1 is 1.39 bits per heavy atom. The van der Waals surface area contributed by atoms with Crippen LogP contribution in [0.4, 0.5) is 11.4 Å². The van der Waals surface area contributed by atoms with Crippen LogP contribution in [0.2, 0.25) is 0 Å². The fourth-order valence-electron chi connectivity index (χ4n) is 2.16. The number of anilines is 2. The third-order valence-corrected chi connectivity index (χ3v) is 3.43. The van der Waals surface area contributed by atoms with Crippen molar-refractivity contribution in [1.82, 2.24) is 0 Å². The van der Waals surface area contributed by atoms with Crippen LogP contribution in [0.15, 0.2) is 22.7 Å². The number of nitrogens with zero attached hydrogens (tertiary/aromatic N) is 2. The maximum absolute atomic E-state index is 12.0. The second-order valence-corrected chi connectivity index (χ2v) is 6.35. The van der Waals surface area contributed by atoms with Gasteiger partial charge in [0.2, 0.25) is 5.91 Å². The highest BCUT2D eigenvalue weighted by Gasteiger charge is 2.29. The van der Waals surface area contributed by atoms with Crippen molar-refractivity contribution in [2.24, 2.45) is 5.73 Å². The van der Waals surface area contributed by atoms with E-state index in [1.807, 2.05) is 36.9 Å². The van der Waals surface area contributed by atoms with Gasteiger partial charge in [0.15, 0.2) is 0 Å². The molecule has 1 aliphatic rings. The van der Waals surface area contributed by atoms with E-state index < -0.39 is 0 Å². The van der Waals surface area contributed by atoms with Crippen molar-refractivity contribution < 1.29 is 4.79 Å². The number of hydrogen-bond acceptors (Lipinski definition) is 3. The van der Waals surface area contributed by atoms with Gasteiger partial charge < -0.3 is 15.5 Å². The number of fused-ring (bicyclic) bond motifs is 1. The predicted octanol–water partition coefficient (Wildman–Crippen LogP) is 1.97. The molecule has 0 saturated carbocycles. The molecule has 0 unspecified atom stereocenters. The third kappa shape index (κ3) is 2.67. The summed E-state index contributed by atoms with van der Waals surface area (Å²) < 4.78 is 1.00. The highest BCUT2D eigenvalue weighted by molar-refractivity contribution is 9.10. The normalized spacial score (nSPS) is 15.9. The molecule has 98 valence electrons. The highest BCUT2D eigenvalue weighted by atomic mass is 79.9. The Kier molecular flexibility index (Phi) is 3.38. The minimum absolute atomic E-state index is 0.0917. The van der Waals surface area contributed by atoms with Crippen molar-refractivity contribution >= 4 is 33.2 Å². The summed E-state index contributed by atoms with van der Waals surface area (Å²) in [7, 11) is 1.81. The van der Waals surface area contributed by atoms with Crippen LogP contribution in [0.1, 0.15) is 13.8 Å². The summed E-state index contributed by atoms with van der Waals surface area (Å²) >= 11 is 3.47. The molecule has 0 atom stereocenters. The van der Waals surface area contributed by atoms with Crippen LogP contribution in [0.5, 0.6) is 0 Å². The van der Waals surface area contributed by atoms with Gasteiger partial charge in [-0.25, -0.2) is 0 Å². The summed E-state index contributed by atoms with van der Waals surface area (Å²) in [6.07, 6.45) is 0. The lowest BCUT2D eigenvalue weighted by atomic mass is 10.0. The third-order valence-electron chi connectivity index (χ3n) is 2.94. The van der Waals surface area contributed by atoms with Gasteiger partial charge in [-0.3, -0.25) is 4.79 Å². The molecule has 0 radical (unpaired) electrons. The molecule has 1 heterocycles. The largest absolute Gasteiger partial charge is 0.359 e. The molecule has 1 aromatic carbocycles. The number of nitrogens with two attached hydrogens (primary N) is 1. The molecule has 4 nitrogen and oxygen atoms in total. The highest BCUT2D eigenvalue weighted by Crippen LogP contribution is 2.35. The summed E-state index contributed by atoms with van der Waals surface area (Å²) in [5.41, 5.74) is 7.70. The van der Waals surface area contributed by atoms with E-state index in [4.69, 9.17) is 5.73 Å². The van der Waals surface area contributed by atoms with Gasteiger partial charge >= 0.3 is 0 Å². The van der Waals surface area contributed by atoms with Crippen molar-refractivity contribution in [3.63, 3.8) is 0 Å². The van der Waals surface area contributed by atoms with Crippen LogP contribution < -0.4 is 15.5 Å². The standard InChI is InChI=1S/C13H18BrN3O/c1-13(2,15)8-17-7-12(18)16(3)10-5-4-9(14)6-11(10)17/h4-6H,7-8,15H2,1-3H3. The number of hydrogen-bond donors (Lipinski definition) is 1. The molecule has 0 fully saturated rings. The van der Waals surface area contributed by atoms with E-state index >= 15 is 0 Å². The van der Waals surface area contributed by atoms with Gasteiger partial charge in [0.25, 0.3) is 0 Å². The zero-order valence-corrected chi connectivity index (χ0v) is 12.5. The van der Waals surface area contributed by atoms with E-state index in [-0.39, 0.29) is 11.4 Å². The summed E-state index contributed by atoms with van der Waals surface area (Å²) in [5, 5.41) is 0. The molecule has 18 heavy (non-hydrogen) atoms. The quantitative estimate of drug-likeness (QED) is 0.908. The number of halogens is 1. The molecule has 2 N–H and O–H groups in total. The van der Waals surface area contributed by atoms with Crippen molar-refractivity contribution in [3.05, 3.63) is 22.7 Å². The van der Waals surface area contributed by atoms with Gasteiger partial charge in [-0.1, -0.05) is 15.9 Å². The lowest BCUT2D eigenvalue weighted by Crippen LogP contribution is -2.51. The molecule has 0 aliphatic carbocycles. The molecule has 0 saturated heterocycles. The van der Waals surface area contributed by atoms with Crippen LogP contribution in [0.25, 0.3) is 0 Å². The zero-order valence-electron chi connectivity index (χ0n) is 10.9. The van der Waals surface area contributed by atoms with Crippen molar-refractivity contribution in [1.29, 1.82) is 0 Å². The van der Waals surface area contributed by atoms with E-state index in [0.29, 0.717) is 13.1 Å². The lowest BCUT2D eigenvalue weighted by molar-refractivity contribution is -0.117. The Bertz CT molecular complexity index is 482. The van der Waals surface area contributed by atoms with Gasteiger partial charge in [-0.2, -0.15) is 0 Å². The van der Waals surface area contributed by atoms with Crippen molar-refractivity contribution in [3.8, 4) is 0 Å². The first-order valence-electron chi connectivity index (χ1n) is 5.88. The van der Waals surface area contributed by atoms with Gasteiger partial charge in [0, 0.05) is 23.6 Å². The molecule has 1 amide bonds. The molecule has 2 rings (SSSR count). The topological polar surface area (TPSA) is 49.6 Å². The van der Waals surface area contributed by atoms with Crippen molar-refractivity contribution in [2.45, 2.75) is 19.4 Å². The molecule has 1 aliphatic heterocycles. The monoisotopic (exact) mass is 311 g/mol. The van der Waals surface area contributed by atoms with E-state index in [1.54, 1.807) is 11.9 Å². The van der Waals surface area contributed by atoms with E-state index in [9.17, 15) is 4.79 Å². The van der Waals surface area contributed by atoms with Crippen LogP contribution in [-0.2, 0) is 4.79 Å². The summed E-state index contributed by atoms with van der Waals surface area (Å²) in [6.45, 7) is 4.96. The van der Waals surface area contributed by atoms with E-state index in [1.165, 1.54) is 0 Å². The summed E-state index contributed by atoms with van der Waals surface area (Å²) in [6, 6.07) is 5.93. The molecule has 0 bridgehead atoms. The number of rotatable bonds is 2. The molecule has 1 aromatic rings. The fraction of sp³-hybridized carbons (Fsp3) is 0.462. The Morgan fingerprint density at radius 3 is 2.67 bits per heavy atom. The van der Waals surface area contributed by atoms with Crippen LogP contribution >= 0.6 is 15.9 Å². The second-order valence-electron chi connectivity index (χ2n) is 5.43. The zero-order chi connectivity index (χ0) is 13.5. The molecule has 0 aromatic heterocycles. The molecule has 5 heteroatoms. The molecular formula is C13H18BrN3O. The average Bonchev–Trinajstić information content (AvgIpc) is 2.23. The Balaban J connectivity index is 2.43.